The molecule has 82 valence electrons. The lowest BCUT2D eigenvalue weighted by atomic mass is 10.2. The maximum atomic E-state index is 11.0. The molecule has 7 nitrogen and oxygen atoms in total. The summed E-state index contributed by atoms with van der Waals surface area (Å²) in [5.74, 6) is -1.20. The highest BCUT2D eigenvalue weighted by Gasteiger charge is 2.19. The first-order valence-corrected chi connectivity index (χ1v) is 4.28. The van der Waals surface area contributed by atoms with E-state index in [4.69, 9.17) is 5.11 Å². The van der Waals surface area contributed by atoms with Gasteiger partial charge in [0, 0.05) is 5.69 Å². The van der Waals surface area contributed by atoms with E-state index in [1.165, 1.54) is 0 Å². The summed E-state index contributed by atoms with van der Waals surface area (Å²) in [6.45, 7) is 3.40. The Balaban J connectivity index is 2.86. The first kappa shape index (κ1) is 11.0. The zero-order valence-corrected chi connectivity index (χ0v) is 8.33. The number of hydrogen-bond acceptors (Lipinski definition) is 4. The van der Waals surface area contributed by atoms with Gasteiger partial charge in [0.25, 0.3) is 0 Å². The van der Waals surface area contributed by atoms with Gasteiger partial charge in [0.05, 0.1) is 6.61 Å². The second kappa shape index (κ2) is 4.45. The SMILES string of the molecule is CCOC(=O)Nc1n[nH]c(C)c1C(=O)O. The number of carboxylic acid groups (broad SMARTS) is 1. The maximum Gasteiger partial charge on any atom is 0.412 e. The number of aromatic nitrogens is 2. The molecule has 1 heterocycles. The molecule has 1 aromatic heterocycles. The minimum atomic E-state index is -1.16. The fraction of sp³-hybridized carbons (Fsp3) is 0.375. The summed E-state index contributed by atoms with van der Waals surface area (Å²) in [5.41, 5.74) is 0.303. The number of H-pyrrole nitrogens is 1. The van der Waals surface area contributed by atoms with Crippen molar-refractivity contribution < 1.29 is 19.4 Å². The van der Waals surface area contributed by atoms with Gasteiger partial charge in [0.15, 0.2) is 5.82 Å². The van der Waals surface area contributed by atoms with Gasteiger partial charge in [-0.3, -0.25) is 10.4 Å². The Bertz CT molecular complexity index is 385. The van der Waals surface area contributed by atoms with Gasteiger partial charge >= 0.3 is 12.1 Å². The van der Waals surface area contributed by atoms with Crippen molar-refractivity contribution in [1.82, 2.24) is 10.2 Å². The Morgan fingerprint density at radius 2 is 2.27 bits per heavy atom. The van der Waals surface area contributed by atoms with Gasteiger partial charge in [0.2, 0.25) is 0 Å². The number of aromatic carboxylic acids is 1. The number of nitrogens with zero attached hydrogens (tertiary/aromatic N) is 1. The summed E-state index contributed by atoms with van der Waals surface area (Å²) >= 11 is 0. The minimum absolute atomic E-state index is 0.0431. The van der Waals surface area contributed by atoms with Crippen LogP contribution in [0.25, 0.3) is 0 Å². The Kier molecular flexibility index (Phi) is 3.27. The third-order valence-corrected chi connectivity index (χ3v) is 1.66. The molecule has 0 radical (unpaired) electrons. The normalized spacial score (nSPS) is 9.73. The van der Waals surface area contributed by atoms with Crippen LogP contribution in [0.1, 0.15) is 23.0 Å². The number of carbonyl (C=O) groups excluding carboxylic acids is 1. The van der Waals surface area contributed by atoms with Crippen LogP contribution in [0, 0.1) is 6.92 Å². The molecule has 0 saturated heterocycles. The summed E-state index contributed by atoms with van der Waals surface area (Å²) in [6, 6.07) is 0. The number of aromatic amines is 1. The lowest BCUT2D eigenvalue weighted by Crippen LogP contribution is -2.15. The van der Waals surface area contributed by atoms with Crippen molar-refractivity contribution in [3.8, 4) is 0 Å². The van der Waals surface area contributed by atoms with Crippen LogP contribution in [-0.4, -0.2) is 34.0 Å². The van der Waals surface area contributed by atoms with E-state index in [-0.39, 0.29) is 18.0 Å². The molecule has 0 aliphatic carbocycles. The molecule has 0 aromatic carbocycles. The quantitative estimate of drug-likeness (QED) is 0.694. The molecule has 0 saturated carbocycles. The molecule has 0 unspecified atom stereocenters. The van der Waals surface area contributed by atoms with E-state index < -0.39 is 12.1 Å². The van der Waals surface area contributed by atoms with Crippen molar-refractivity contribution in [1.29, 1.82) is 0 Å². The van der Waals surface area contributed by atoms with Crippen molar-refractivity contribution in [2.45, 2.75) is 13.8 Å². The third kappa shape index (κ3) is 2.46. The molecule has 0 atom stereocenters. The van der Waals surface area contributed by atoms with Crippen LogP contribution in [0.3, 0.4) is 0 Å². The van der Waals surface area contributed by atoms with Crippen LogP contribution in [-0.2, 0) is 4.74 Å². The summed E-state index contributed by atoms with van der Waals surface area (Å²) in [6.07, 6.45) is -0.730. The number of ether oxygens (including phenoxy) is 1. The topological polar surface area (TPSA) is 104 Å². The van der Waals surface area contributed by atoms with Crippen molar-refractivity contribution in [2.75, 3.05) is 11.9 Å². The molecule has 0 aliphatic heterocycles. The zero-order chi connectivity index (χ0) is 11.4. The second-order valence-corrected chi connectivity index (χ2v) is 2.72. The molecule has 0 aliphatic rings. The predicted molar refractivity (Wildman–Crippen MR) is 50.9 cm³/mol. The van der Waals surface area contributed by atoms with E-state index in [0.717, 1.165) is 0 Å². The van der Waals surface area contributed by atoms with Crippen molar-refractivity contribution in [2.24, 2.45) is 0 Å². The van der Waals surface area contributed by atoms with Crippen LogP contribution in [0.5, 0.6) is 0 Å². The molecular weight excluding hydrogens is 202 g/mol. The molecule has 0 spiro atoms. The van der Waals surface area contributed by atoms with Crippen LogP contribution >= 0.6 is 0 Å². The van der Waals surface area contributed by atoms with Gasteiger partial charge in [0.1, 0.15) is 5.56 Å². The highest BCUT2D eigenvalue weighted by atomic mass is 16.5. The smallest absolute Gasteiger partial charge is 0.412 e. The number of nitrogens with one attached hydrogen (secondary N) is 2. The Labute approximate surface area is 85.4 Å². The first-order valence-electron chi connectivity index (χ1n) is 4.28. The Morgan fingerprint density at radius 1 is 1.60 bits per heavy atom. The highest BCUT2D eigenvalue weighted by Crippen LogP contribution is 2.15. The zero-order valence-electron chi connectivity index (χ0n) is 8.33. The van der Waals surface area contributed by atoms with E-state index in [1.54, 1.807) is 13.8 Å². The summed E-state index contributed by atoms with van der Waals surface area (Å²) in [4.78, 5) is 21.8. The number of amides is 1. The van der Waals surface area contributed by atoms with Gasteiger partial charge in [-0.1, -0.05) is 0 Å². The van der Waals surface area contributed by atoms with E-state index >= 15 is 0 Å². The average Bonchev–Trinajstić information content (AvgIpc) is 2.47. The molecule has 0 fully saturated rings. The summed E-state index contributed by atoms with van der Waals surface area (Å²) < 4.78 is 4.59. The van der Waals surface area contributed by atoms with Crippen molar-refractivity contribution in [3.63, 3.8) is 0 Å². The van der Waals surface area contributed by atoms with Crippen molar-refractivity contribution >= 4 is 17.9 Å². The monoisotopic (exact) mass is 213 g/mol. The standard InChI is InChI=1S/C8H11N3O4/c1-3-15-8(14)9-6-5(7(12)13)4(2)10-11-6/h3H2,1-2H3,(H,12,13)(H2,9,10,11,14). The van der Waals surface area contributed by atoms with Gasteiger partial charge in [-0.05, 0) is 13.8 Å². The number of rotatable bonds is 3. The number of hydrogen-bond donors (Lipinski definition) is 3. The lowest BCUT2D eigenvalue weighted by molar-refractivity contribution is 0.0697. The molecule has 7 heteroatoms. The lowest BCUT2D eigenvalue weighted by Gasteiger charge is -2.02. The van der Waals surface area contributed by atoms with E-state index in [0.29, 0.717) is 5.69 Å². The van der Waals surface area contributed by atoms with E-state index in [1.807, 2.05) is 0 Å². The van der Waals surface area contributed by atoms with Crippen molar-refractivity contribution in [3.05, 3.63) is 11.3 Å². The van der Waals surface area contributed by atoms with Gasteiger partial charge < -0.3 is 9.84 Å². The van der Waals surface area contributed by atoms with Gasteiger partial charge in [-0.15, -0.1) is 0 Å². The van der Waals surface area contributed by atoms with Crippen LogP contribution in [0.4, 0.5) is 10.6 Å². The largest absolute Gasteiger partial charge is 0.477 e. The molecule has 15 heavy (non-hydrogen) atoms. The maximum absolute atomic E-state index is 11.0. The van der Waals surface area contributed by atoms with Crippen LogP contribution in [0.15, 0.2) is 0 Å². The number of carboxylic acids is 1. The first-order chi connectivity index (χ1) is 7.06. The summed E-state index contributed by atoms with van der Waals surface area (Å²) in [7, 11) is 0. The molecule has 3 N–H and O–H groups in total. The van der Waals surface area contributed by atoms with E-state index in [2.05, 4.69) is 20.3 Å². The third-order valence-electron chi connectivity index (χ3n) is 1.66. The predicted octanol–water partition coefficient (Wildman–Crippen LogP) is 0.985. The fourth-order valence-corrected chi connectivity index (χ4v) is 1.05. The second-order valence-electron chi connectivity index (χ2n) is 2.72. The molecule has 1 rings (SSSR count). The molecular formula is C8H11N3O4. The Morgan fingerprint density at radius 3 is 2.80 bits per heavy atom. The number of aryl methyl sites for hydroxylation is 1. The fourth-order valence-electron chi connectivity index (χ4n) is 1.05. The molecule has 0 bridgehead atoms. The van der Waals surface area contributed by atoms with Gasteiger partial charge in [-0.25, -0.2) is 9.59 Å². The number of carbonyl (C=O) groups is 2. The van der Waals surface area contributed by atoms with Gasteiger partial charge in [-0.2, -0.15) is 5.10 Å². The number of anilines is 1. The minimum Gasteiger partial charge on any atom is -0.477 e. The molecule has 1 aromatic rings. The highest BCUT2D eigenvalue weighted by molar-refractivity contribution is 5.98. The average molecular weight is 213 g/mol. The van der Waals surface area contributed by atoms with E-state index in [9.17, 15) is 9.59 Å². The molecule has 1 amide bonds. The Hall–Kier alpha value is -2.05. The summed E-state index contributed by atoms with van der Waals surface area (Å²) in [5, 5.41) is 17.2. The van der Waals surface area contributed by atoms with Crippen LogP contribution in [0.2, 0.25) is 0 Å². The van der Waals surface area contributed by atoms with Crippen LogP contribution < -0.4 is 5.32 Å².